The monoisotopic (exact) mass is 354 g/mol. The summed E-state index contributed by atoms with van der Waals surface area (Å²) in [5, 5.41) is 13.6. The van der Waals surface area contributed by atoms with Gasteiger partial charge < -0.3 is 9.84 Å². The molecular weight excluding hydrogens is 328 g/mol. The number of nitrogens with one attached hydrogen (secondary N) is 1. The van der Waals surface area contributed by atoms with Crippen LogP contribution in [0.1, 0.15) is 43.4 Å². The predicted octanol–water partition coefficient (Wildman–Crippen LogP) is 3.85. The lowest BCUT2D eigenvalue weighted by Crippen LogP contribution is -2.23. The van der Waals surface area contributed by atoms with Crippen molar-refractivity contribution in [3.05, 3.63) is 59.2 Å². The lowest BCUT2D eigenvalue weighted by atomic mass is 9.96. The highest BCUT2D eigenvalue weighted by atomic mass is 16.5. The molecule has 0 radical (unpaired) electrons. The summed E-state index contributed by atoms with van der Waals surface area (Å²) in [7, 11) is 1.48. The lowest BCUT2D eigenvalue weighted by molar-refractivity contribution is -0.122. The Balaban J connectivity index is 1.96. The fourth-order valence-corrected chi connectivity index (χ4v) is 2.61. The van der Waals surface area contributed by atoms with Crippen molar-refractivity contribution in [2.24, 2.45) is 11.0 Å². The SMILES string of the molecule is COc1cc(/C=N/NC(=O)[C@H](C)c2ccc(CC(C)C)cc2)ccc1O. The Bertz CT molecular complexity index is 767. The van der Waals surface area contributed by atoms with Crippen LogP contribution in [0, 0.1) is 5.92 Å². The summed E-state index contributed by atoms with van der Waals surface area (Å²) in [6.45, 7) is 6.23. The highest BCUT2D eigenvalue weighted by Gasteiger charge is 2.14. The number of ether oxygens (including phenoxy) is 1. The van der Waals surface area contributed by atoms with Gasteiger partial charge >= 0.3 is 0 Å². The van der Waals surface area contributed by atoms with Crippen molar-refractivity contribution in [1.82, 2.24) is 5.43 Å². The third-order valence-corrected chi connectivity index (χ3v) is 4.11. The van der Waals surface area contributed by atoms with Gasteiger partial charge in [0.05, 0.1) is 19.2 Å². The molecule has 0 fully saturated rings. The summed E-state index contributed by atoms with van der Waals surface area (Å²) < 4.78 is 5.04. The average Bonchev–Trinajstić information content (AvgIpc) is 2.62. The van der Waals surface area contributed by atoms with Gasteiger partial charge in [0.15, 0.2) is 11.5 Å². The van der Waals surface area contributed by atoms with Crippen LogP contribution in [0.15, 0.2) is 47.6 Å². The number of nitrogens with zero attached hydrogens (tertiary/aromatic N) is 1. The number of aromatic hydroxyl groups is 1. The zero-order valence-electron chi connectivity index (χ0n) is 15.7. The summed E-state index contributed by atoms with van der Waals surface area (Å²) in [4.78, 5) is 12.3. The minimum absolute atomic E-state index is 0.0585. The molecule has 0 aliphatic rings. The molecule has 0 bridgehead atoms. The molecule has 2 rings (SSSR count). The Morgan fingerprint density at radius 3 is 2.50 bits per heavy atom. The number of hydrazone groups is 1. The summed E-state index contributed by atoms with van der Waals surface area (Å²) in [5.41, 5.74) is 5.50. The number of carbonyl (C=O) groups excluding carboxylic acids is 1. The van der Waals surface area contributed by atoms with E-state index in [9.17, 15) is 9.90 Å². The minimum Gasteiger partial charge on any atom is -0.504 e. The quantitative estimate of drug-likeness (QED) is 0.586. The number of carbonyl (C=O) groups is 1. The van der Waals surface area contributed by atoms with E-state index in [2.05, 4.69) is 36.5 Å². The molecule has 5 heteroatoms. The molecule has 138 valence electrons. The normalized spacial score (nSPS) is 12.3. The van der Waals surface area contributed by atoms with Crippen molar-refractivity contribution < 1.29 is 14.6 Å². The zero-order valence-corrected chi connectivity index (χ0v) is 15.7. The first-order chi connectivity index (χ1) is 12.4. The van der Waals surface area contributed by atoms with Crippen molar-refractivity contribution >= 4 is 12.1 Å². The van der Waals surface area contributed by atoms with E-state index in [0.29, 0.717) is 17.2 Å². The summed E-state index contributed by atoms with van der Waals surface area (Å²) in [5.74, 6) is 0.547. The molecule has 0 spiro atoms. The van der Waals surface area contributed by atoms with Crippen molar-refractivity contribution in [3.63, 3.8) is 0 Å². The van der Waals surface area contributed by atoms with Gasteiger partial charge in [-0.05, 0) is 54.2 Å². The van der Waals surface area contributed by atoms with E-state index in [4.69, 9.17) is 4.74 Å². The molecule has 0 aliphatic carbocycles. The van der Waals surface area contributed by atoms with Crippen LogP contribution in [0.2, 0.25) is 0 Å². The van der Waals surface area contributed by atoms with E-state index in [1.54, 1.807) is 12.1 Å². The number of amides is 1. The van der Waals surface area contributed by atoms with E-state index in [-0.39, 0.29) is 17.6 Å². The number of benzene rings is 2. The highest BCUT2D eigenvalue weighted by Crippen LogP contribution is 2.25. The second-order valence-electron chi connectivity index (χ2n) is 6.73. The van der Waals surface area contributed by atoms with Crippen LogP contribution < -0.4 is 10.2 Å². The number of rotatable bonds is 7. The molecule has 0 unspecified atom stereocenters. The molecule has 0 heterocycles. The van der Waals surface area contributed by atoms with E-state index in [1.165, 1.54) is 25.0 Å². The molecule has 2 N–H and O–H groups in total. The molecule has 1 amide bonds. The Morgan fingerprint density at radius 1 is 1.19 bits per heavy atom. The molecule has 1 atom stereocenters. The fraction of sp³-hybridized carbons (Fsp3) is 0.333. The van der Waals surface area contributed by atoms with Crippen LogP contribution >= 0.6 is 0 Å². The number of phenols is 1. The van der Waals surface area contributed by atoms with Gasteiger partial charge in [-0.15, -0.1) is 0 Å². The van der Waals surface area contributed by atoms with E-state index in [1.807, 2.05) is 19.1 Å². The van der Waals surface area contributed by atoms with Gasteiger partial charge in [0.2, 0.25) is 5.91 Å². The summed E-state index contributed by atoms with van der Waals surface area (Å²) in [6, 6.07) is 13.0. The zero-order chi connectivity index (χ0) is 19.1. The van der Waals surface area contributed by atoms with Gasteiger partial charge in [-0.25, -0.2) is 5.43 Å². The smallest absolute Gasteiger partial charge is 0.247 e. The Morgan fingerprint density at radius 2 is 1.88 bits per heavy atom. The molecule has 0 saturated carbocycles. The van der Waals surface area contributed by atoms with Gasteiger partial charge in [0.25, 0.3) is 0 Å². The van der Waals surface area contributed by atoms with Crippen molar-refractivity contribution in [3.8, 4) is 11.5 Å². The van der Waals surface area contributed by atoms with Gasteiger partial charge in [0.1, 0.15) is 0 Å². The average molecular weight is 354 g/mol. The second kappa shape index (κ2) is 9.04. The van der Waals surface area contributed by atoms with E-state index in [0.717, 1.165) is 12.0 Å². The first kappa shape index (κ1) is 19.5. The van der Waals surface area contributed by atoms with E-state index >= 15 is 0 Å². The van der Waals surface area contributed by atoms with Crippen LogP contribution in [0.5, 0.6) is 11.5 Å². The Hall–Kier alpha value is -2.82. The lowest BCUT2D eigenvalue weighted by Gasteiger charge is -2.11. The molecule has 5 nitrogen and oxygen atoms in total. The molecule has 26 heavy (non-hydrogen) atoms. The van der Waals surface area contributed by atoms with Crippen LogP contribution in [0.3, 0.4) is 0 Å². The molecule has 0 aromatic heterocycles. The molecule has 2 aromatic rings. The predicted molar refractivity (Wildman–Crippen MR) is 104 cm³/mol. The number of phenolic OH excluding ortho intramolecular Hbond substituents is 1. The minimum atomic E-state index is -0.297. The Kier molecular flexibility index (Phi) is 6.78. The first-order valence-electron chi connectivity index (χ1n) is 8.69. The standard InChI is InChI=1S/C21H26N2O3/c1-14(2)11-16-5-8-18(9-6-16)15(3)21(25)23-22-13-17-7-10-19(24)20(12-17)26-4/h5-10,12-15,24H,11H2,1-4H3,(H,23,25)/b22-13+/t15-/m1/s1. The fourth-order valence-electron chi connectivity index (χ4n) is 2.61. The third-order valence-electron chi connectivity index (χ3n) is 4.11. The summed E-state index contributed by atoms with van der Waals surface area (Å²) in [6.07, 6.45) is 2.54. The van der Waals surface area contributed by atoms with Crippen molar-refractivity contribution in [2.75, 3.05) is 7.11 Å². The number of methoxy groups -OCH3 is 1. The molecule has 0 saturated heterocycles. The maximum Gasteiger partial charge on any atom is 0.247 e. The van der Waals surface area contributed by atoms with E-state index < -0.39 is 0 Å². The van der Waals surface area contributed by atoms with Crippen LogP contribution in [-0.4, -0.2) is 24.3 Å². The van der Waals surface area contributed by atoms with Crippen molar-refractivity contribution in [1.29, 1.82) is 0 Å². The van der Waals surface area contributed by atoms with Crippen molar-refractivity contribution in [2.45, 2.75) is 33.1 Å². The molecule has 2 aromatic carbocycles. The topological polar surface area (TPSA) is 70.9 Å². The molecular formula is C21H26N2O3. The summed E-state index contributed by atoms with van der Waals surface area (Å²) >= 11 is 0. The highest BCUT2D eigenvalue weighted by molar-refractivity contribution is 5.86. The van der Waals surface area contributed by atoms with Crippen LogP contribution in [0.25, 0.3) is 0 Å². The first-order valence-corrected chi connectivity index (χ1v) is 8.69. The van der Waals surface area contributed by atoms with Crippen LogP contribution in [0.4, 0.5) is 0 Å². The van der Waals surface area contributed by atoms with Gasteiger partial charge in [-0.3, -0.25) is 4.79 Å². The molecule has 0 aliphatic heterocycles. The largest absolute Gasteiger partial charge is 0.504 e. The number of hydrogen-bond donors (Lipinski definition) is 2. The Labute approximate surface area is 154 Å². The number of hydrogen-bond acceptors (Lipinski definition) is 4. The third kappa shape index (κ3) is 5.34. The maximum atomic E-state index is 12.3. The maximum absolute atomic E-state index is 12.3. The van der Waals surface area contributed by atoms with Gasteiger partial charge in [0, 0.05) is 0 Å². The van der Waals surface area contributed by atoms with Crippen LogP contribution in [-0.2, 0) is 11.2 Å². The van der Waals surface area contributed by atoms with Gasteiger partial charge in [-0.2, -0.15) is 5.10 Å². The van der Waals surface area contributed by atoms with Gasteiger partial charge in [-0.1, -0.05) is 38.1 Å². The second-order valence-corrected chi connectivity index (χ2v) is 6.73.